The third-order valence-electron chi connectivity index (χ3n) is 3.66. The Morgan fingerprint density at radius 2 is 2.22 bits per heavy atom. The van der Waals surface area contributed by atoms with Crippen molar-refractivity contribution in [3.05, 3.63) is 24.3 Å². The summed E-state index contributed by atoms with van der Waals surface area (Å²) in [6.45, 7) is 9.58. The molecule has 2 heterocycles. The fourth-order valence-corrected chi connectivity index (χ4v) is 2.53. The van der Waals surface area contributed by atoms with Crippen molar-refractivity contribution in [2.75, 3.05) is 19.6 Å². The third-order valence-corrected chi connectivity index (χ3v) is 3.66. The van der Waals surface area contributed by atoms with Gasteiger partial charge in [0.1, 0.15) is 17.7 Å². The quantitative estimate of drug-likeness (QED) is 0.823. The van der Waals surface area contributed by atoms with Crippen molar-refractivity contribution < 1.29 is 9.13 Å². The van der Waals surface area contributed by atoms with E-state index in [1.807, 2.05) is 0 Å². The zero-order valence-corrected chi connectivity index (χ0v) is 11.3. The number of pyridine rings is 1. The fourth-order valence-electron chi connectivity index (χ4n) is 2.53. The number of likely N-dealkylation sites (tertiary alicyclic amines) is 1. The van der Waals surface area contributed by atoms with Crippen LogP contribution in [0.15, 0.2) is 18.5 Å². The monoisotopic (exact) mass is 252 g/mol. The lowest BCUT2D eigenvalue weighted by molar-refractivity contribution is 0.144. The van der Waals surface area contributed by atoms with E-state index < -0.39 is 0 Å². The number of halogens is 1. The van der Waals surface area contributed by atoms with E-state index in [-0.39, 0.29) is 11.9 Å². The largest absolute Gasteiger partial charge is 0.487 e. The zero-order valence-electron chi connectivity index (χ0n) is 11.3. The van der Waals surface area contributed by atoms with E-state index >= 15 is 0 Å². The Labute approximate surface area is 108 Å². The summed E-state index contributed by atoms with van der Waals surface area (Å²) in [5, 5.41) is 0. The van der Waals surface area contributed by atoms with Crippen LogP contribution >= 0.6 is 0 Å². The van der Waals surface area contributed by atoms with E-state index in [4.69, 9.17) is 4.74 Å². The van der Waals surface area contributed by atoms with E-state index in [0.717, 1.165) is 19.6 Å². The molecule has 0 bridgehead atoms. The maximum Gasteiger partial charge on any atom is 0.145 e. The first-order valence-corrected chi connectivity index (χ1v) is 6.59. The van der Waals surface area contributed by atoms with Gasteiger partial charge in [0.05, 0.1) is 12.4 Å². The molecule has 1 aromatic rings. The molecule has 1 saturated heterocycles. The summed E-state index contributed by atoms with van der Waals surface area (Å²) in [5.41, 5.74) is 0. The zero-order chi connectivity index (χ0) is 13.1. The minimum atomic E-state index is -0.348. The molecule has 2 atom stereocenters. The first-order valence-electron chi connectivity index (χ1n) is 6.59. The number of nitrogens with zero attached hydrogens (tertiary/aromatic N) is 2. The number of hydrogen-bond acceptors (Lipinski definition) is 3. The molecule has 2 rings (SSSR count). The summed E-state index contributed by atoms with van der Waals surface area (Å²) in [6.07, 6.45) is 2.91. The highest BCUT2D eigenvalue weighted by Crippen LogP contribution is 2.28. The lowest BCUT2D eigenvalue weighted by atomic mass is 9.93. The van der Waals surface area contributed by atoms with E-state index in [9.17, 15) is 4.39 Å². The van der Waals surface area contributed by atoms with Crippen molar-refractivity contribution in [3.63, 3.8) is 0 Å². The average molecular weight is 252 g/mol. The maximum absolute atomic E-state index is 13.1. The van der Waals surface area contributed by atoms with E-state index in [2.05, 4.69) is 30.7 Å². The van der Waals surface area contributed by atoms with Gasteiger partial charge in [-0.1, -0.05) is 20.8 Å². The highest BCUT2D eigenvalue weighted by Gasteiger charge is 2.35. The third kappa shape index (κ3) is 2.99. The highest BCUT2D eigenvalue weighted by molar-refractivity contribution is 5.17. The van der Waals surface area contributed by atoms with Crippen molar-refractivity contribution in [2.24, 2.45) is 11.8 Å². The van der Waals surface area contributed by atoms with Crippen LogP contribution in [-0.4, -0.2) is 35.6 Å². The van der Waals surface area contributed by atoms with Gasteiger partial charge in [0.2, 0.25) is 0 Å². The molecule has 1 fully saturated rings. The number of aromatic nitrogens is 1. The van der Waals surface area contributed by atoms with Crippen molar-refractivity contribution in [2.45, 2.75) is 26.9 Å². The molecular weight excluding hydrogens is 231 g/mol. The molecule has 0 radical (unpaired) electrons. The molecule has 1 aliphatic rings. The summed E-state index contributed by atoms with van der Waals surface area (Å²) in [6, 6.07) is 1.40. The van der Waals surface area contributed by atoms with Gasteiger partial charge in [-0.05, 0) is 12.5 Å². The molecule has 100 valence electrons. The summed E-state index contributed by atoms with van der Waals surface area (Å²) in [5.74, 6) is 1.24. The molecule has 18 heavy (non-hydrogen) atoms. The van der Waals surface area contributed by atoms with Crippen LogP contribution in [0.1, 0.15) is 20.8 Å². The van der Waals surface area contributed by atoms with Crippen LogP contribution in [0.3, 0.4) is 0 Å². The number of ether oxygens (including phenoxy) is 1. The van der Waals surface area contributed by atoms with Gasteiger partial charge in [0, 0.05) is 25.1 Å². The van der Waals surface area contributed by atoms with Crippen molar-refractivity contribution >= 4 is 0 Å². The molecule has 0 aromatic carbocycles. The normalized spacial score (nSPS) is 24.7. The average Bonchev–Trinajstić information content (AvgIpc) is 2.72. The highest BCUT2D eigenvalue weighted by atomic mass is 19.1. The number of hydrogen-bond donors (Lipinski definition) is 0. The smallest absolute Gasteiger partial charge is 0.145 e. The SMILES string of the molecule is CCN1CC(Oc2cncc(F)c2)C(C(C)C)C1. The summed E-state index contributed by atoms with van der Waals surface area (Å²) in [4.78, 5) is 6.20. The molecule has 0 saturated carbocycles. The van der Waals surface area contributed by atoms with Crippen LogP contribution in [0.5, 0.6) is 5.75 Å². The summed E-state index contributed by atoms with van der Waals surface area (Å²) in [7, 11) is 0. The molecule has 0 spiro atoms. The predicted molar refractivity (Wildman–Crippen MR) is 69.1 cm³/mol. The minimum absolute atomic E-state index is 0.133. The Bertz CT molecular complexity index is 397. The van der Waals surface area contributed by atoms with Gasteiger partial charge in [-0.15, -0.1) is 0 Å². The Balaban J connectivity index is 2.07. The van der Waals surface area contributed by atoms with Gasteiger partial charge < -0.3 is 4.74 Å². The van der Waals surface area contributed by atoms with Crippen LogP contribution in [0.25, 0.3) is 0 Å². The van der Waals surface area contributed by atoms with Crippen LogP contribution < -0.4 is 4.74 Å². The molecular formula is C14H21FN2O. The molecule has 3 nitrogen and oxygen atoms in total. The number of likely N-dealkylation sites (N-methyl/N-ethyl adjacent to an activating group) is 1. The summed E-state index contributed by atoms with van der Waals surface area (Å²) < 4.78 is 19.0. The minimum Gasteiger partial charge on any atom is -0.487 e. The van der Waals surface area contributed by atoms with Gasteiger partial charge in [-0.25, -0.2) is 4.39 Å². The fraction of sp³-hybridized carbons (Fsp3) is 0.643. The van der Waals surface area contributed by atoms with Gasteiger partial charge in [0.25, 0.3) is 0 Å². The van der Waals surface area contributed by atoms with Gasteiger partial charge in [-0.3, -0.25) is 9.88 Å². The van der Waals surface area contributed by atoms with Crippen LogP contribution in [0, 0.1) is 17.7 Å². The maximum atomic E-state index is 13.1. The molecule has 2 unspecified atom stereocenters. The Kier molecular flexibility index (Phi) is 4.17. The van der Waals surface area contributed by atoms with Gasteiger partial charge in [-0.2, -0.15) is 0 Å². The van der Waals surface area contributed by atoms with E-state index in [0.29, 0.717) is 17.6 Å². The van der Waals surface area contributed by atoms with E-state index in [1.54, 1.807) is 6.20 Å². The Morgan fingerprint density at radius 3 is 2.83 bits per heavy atom. The lowest BCUT2D eigenvalue weighted by Gasteiger charge is -2.22. The van der Waals surface area contributed by atoms with Crippen molar-refractivity contribution in [1.29, 1.82) is 0 Å². The predicted octanol–water partition coefficient (Wildman–Crippen LogP) is 2.58. The van der Waals surface area contributed by atoms with Gasteiger partial charge >= 0.3 is 0 Å². The second-order valence-electron chi connectivity index (χ2n) is 5.26. The second kappa shape index (κ2) is 5.65. The van der Waals surface area contributed by atoms with Crippen molar-refractivity contribution in [3.8, 4) is 5.75 Å². The first kappa shape index (κ1) is 13.3. The standard InChI is InChI=1S/C14H21FN2O/c1-4-17-8-13(10(2)3)14(9-17)18-12-5-11(15)6-16-7-12/h5-7,10,13-14H,4,8-9H2,1-3H3. The molecule has 0 amide bonds. The lowest BCUT2D eigenvalue weighted by Crippen LogP contribution is -2.29. The van der Waals surface area contributed by atoms with E-state index in [1.165, 1.54) is 12.3 Å². The topological polar surface area (TPSA) is 25.4 Å². The Morgan fingerprint density at radius 1 is 1.44 bits per heavy atom. The molecule has 1 aromatic heterocycles. The molecule has 0 N–H and O–H groups in total. The molecule has 1 aliphatic heterocycles. The molecule has 4 heteroatoms. The Hall–Kier alpha value is -1.16. The molecule has 0 aliphatic carbocycles. The van der Waals surface area contributed by atoms with Crippen LogP contribution in [-0.2, 0) is 0 Å². The first-order chi connectivity index (χ1) is 8.60. The van der Waals surface area contributed by atoms with Crippen molar-refractivity contribution in [1.82, 2.24) is 9.88 Å². The van der Waals surface area contributed by atoms with Crippen LogP contribution in [0.4, 0.5) is 4.39 Å². The van der Waals surface area contributed by atoms with Crippen LogP contribution in [0.2, 0.25) is 0 Å². The second-order valence-corrected chi connectivity index (χ2v) is 5.26. The summed E-state index contributed by atoms with van der Waals surface area (Å²) >= 11 is 0. The number of rotatable bonds is 4. The van der Waals surface area contributed by atoms with Gasteiger partial charge in [0.15, 0.2) is 0 Å².